The van der Waals surface area contributed by atoms with Crippen LogP contribution in [0.4, 0.5) is 0 Å². The molecule has 0 amide bonds. The normalized spacial score (nSPS) is 36.2. The van der Waals surface area contributed by atoms with Crippen molar-refractivity contribution in [3.63, 3.8) is 0 Å². The van der Waals surface area contributed by atoms with Crippen molar-refractivity contribution in [1.29, 1.82) is 0 Å². The molecule has 56 valence electrons. The van der Waals surface area contributed by atoms with E-state index in [1.165, 1.54) is 0 Å². The van der Waals surface area contributed by atoms with E-state index in [-0.39, 0.29) is 6.04 Å². The Morgan fingerprint density at radius 3 is 2.50 bits per heavy atom. The predicted octanol–water partition coefficient (Wildman–Crippen LogP) is -0.556. The van der Waals surface area contributed by atoms with Gasteiger partial charge in [0.15, 0.2) is 0 Å². The van der Waals surface area contributed by atoms with Crippen LogP contribution in [0.2, 0.25) is 0 Å². The lowest BCUT2D eigenvalue weighted by molar-refractivity contribution is 0.470. The lowest BCUT2D eigenvalue weighted by atomic mass is 10.3. The SMILES string of the molecule is C#CC1CN(C)[S+]([O-])N1C. The summed E-state index contributed by atoms with van der Waals surface area (Å²) in [6.07, 6.45) is 5.20. The molecule has 4 heteroatoms. The Kier molecular flexibility index (Phi) is 2.21. The number of likely N-dealkylation sites (N-methyl/N-ethyl adjacent to an activating group) is 2. The summed E-state index contributed by atoms with van der Waals surface area (Å²) >= 11 is -1.02. The number of hydrogen-bond donors (Lipinski definition) is 0. The summed E-state index contributed by atoms with van der Waals surface area (Å²) in [6.45, 7) is 0.694. The van der Waals surface area contributed by atoms with Gasteiger partial charge < -0.3 is 4.55 Å². The summed E-state index contributed by atoms with van der Waals surface area (Å²) < 4.78 is 14.5. The summed E-state index contributed by atoms with van der Waals surface area (Å²) in [5.74, 6) is 2.57. The Bertz CT molecular complexity index is 168. The minimum atomic E-state index is -1.02. The average Bonchev–Trinajstić information content (AvgIpc) is 2.17. The second-order valence-electron chi connectivity index (χ2n) is 2.27. The van der Waals surface area contributed by atoms with Gasteiger partial charge in [-0.3, -0.25) is 0 Å². The van der Waals surface area contributed by atoms with E-state index in [2.05, 4.69) is 5.92 Å². The summed E-state index contributed by atoms with van der Waals surface area (Å²) in [5.41, 5.74) is 0. The Labute approximate surface area is 64.4 Å². The van der Waals surface area contributed by atoms with Gasteiger partial charge in [-0.05, 0) is 0 Å². The van der Waals surface area contributed by atoms with E-state index < -0.39 is 11.5 Å². The van der Waals surface area contributed by atoms with Crippen LogP contribution in [0.15, 0.2) is 0 Å². The van der Waals surface area contributed by atoms with Crippen molar-refractivity contribution in [2.45, 2.75) is 6.04 Å². The fourth-order valence-electron chi connectivity index (χ4n) is 0.909. The zero-order valence-electron chi connectivity index (χ0n) is 6.07. The van der Waals surface area contributed by atoms with Gasteiger partial charge in [-0.1, -0.05) is 10.2 Å². The van der Waals surface area contributed by atoms with Crippen LogP contribution in [0.25, 0.3) is 0 Å². The molecule has 1 saturated heterocycles. The highest BCUT2D eigenvalue weighted by Gasteiger charge is 2.37. The van der Waals surface area contributed by atoms with Gasteiger partial charge in [0.25, 0.3) is 0 Å². The van der Waals surface area contributed by atoms with Crippen molar-refractivity contribution in [3.05, 3.63) is 0 Å². The van der Waals surface area contributed by atoms with Crippen molar-refractivity contribution in [2.24, 2.45) is 0 Å². The first-order valence-electron chi connectivity index (χ1n) is 2.99. The summed E-state index contributed by atoms with van der Waals surface area (Å²) in [6, 6.07) is 0.00540. The van der Waals surface area contributed by atoms with Crippen molar-refractivity contribution in [2.75, 3.05) is 20.6 Å². The molecule has 10 heavy (non-hydrogen) atoms. The van der Waals surface area contributed by atoms with Crippen molar-refractivity contribution < 1.29 is 4.55 Å². The van der Waals surface area contributed by atoms with Crippen molar-refractivity contribution in [1.82, 2.24) is 8.61 Å². The van der Waals surface area contributed by atoms with Gasteiger partial charge in [-0.15, -0.1) is 10.7 Å². The standard InChI is InChI=1S/C6H10N2OS/c1-4-6-5-7(2)10(9)8(6)3/h1,6H,5H2,2-3H3. The molecule has 1 heterocycles. The maximum absolute atomic E-state index is 11.1. The van der Waals surface area contributed by atoms with Crippen LogP contribution in [0.5, 0.6) is 0 Å². The Hall–Kier alpha value is -0.210. The summed E-state index contributed by atoms with van der Waals surface area (Å²) in [7, 11) is 3.56. The van der Waals surface area contributed by atoms with Gasteiger partial charge in [0.1, 0.15) is 17.6 Å². The first-order valence-corrected chi connectivity index (χ1v) is 4.05. The second-order valence-corrected chi connectivity index (χ2v) is 3.93. The van der Waals surface area contributed by atoms with Crippen LogP contribution in [0.3, 0.4) is 0 Å². The van der Waals surface area contributed by atoms with Crippen LogP contribution in [-0.2, 0) is 11.5 Å². The first-order chi connectivity index (χ1) is 4.66. The van der Waals surface area contributed by atoms with Crippen molar-refractivity contribution >= 4 is 11.5 Å². The topological polar surface area (TPSA) is 29.5 Å². The van der Waals surface area contributed by atoms with Gasteiger partial charge in [-0.25, -0.2) is 0 Å². The molecule has 1 aliphatic heterocycles. The van der Waals surface area contributed by atoms with Crippen LogP contribution < -0.4 is 0 Å². The van der Waals surface area contributed by atoms with E-state index in [0.29, 0.717) is 6.54 Å². The zero-order chi connectivity index (χ0) is 7.72. The number of terminal acetylenes is 1. The molecule has 0 aromatic carbocycles. The minimum Gasteiger partial charge on any atom is -0.578 e. The number of rotatable bonds is 0. The molecule has 0 radical (unpaired) electrons. The molecule has 0 aromatic heterocycles. The molecule has 0 saturated carbocycles. The Morgan fingerprint density at radius 1 is 1.70 bits per heavy atom. The lowest BCUT2D eigenvalue weighted by Gasteiger charge is -2.14. The monoisotopic (exact) mass is 158 g/mol. The molecule has 2 unspecified atom stereocenters. The first kappa shape index (κ1) is 7.89. The molecule has 1 rings (SSSR count). The van der Waals surface area contributed by atoms with Gasteiger partial charge in [0, 0.05) is 14.1 Å². The van der Waals surface area contributed by atoms with Gasteiger partial charge >= 0.3 is 0 Å². The third-order valence-corrected chi connectivity index (χ3v) is 3.00. The molecule has 1 fully saturated rings. The molecule has 0 aromatic rings. The molecule has 1 aliphatic rings. The number of hydrogen-bond acceptors (Lipinski definition) is 3. The van der Waals surface area contributed by atoms with Gasteiger partial charge in [-0.2, -0.15) is 0 Å². The van der Waals surface area contributed by atoms with E-state index >= 15 is 0 Å². The Morgan fingerprint density at radius 2 is 2.30 bits per heavy atom. The fraction of sp³-hybridized carbons (Fsp3) is 0.667. The van der Waals surface area contributed by atoms with E-state index in [1.54, 1.807) is 22.7 Å². The molecule has 3 nitrogen and oxygen atoms in total. The van der Waals surface area contributed by atoms with Crippen molar-refractivity contribution in [3.8, 4) is 12.3 Å². The second kappa shape index (κ2) is 2.81. The maximum atomic E-state index is 11.1. The lowest BCUT2D eigenvalue weighted by Crippen LogP contribution is -2.30. The van der Waals surface area contributed by atoms with Crippen LogP contribution in [-0.4, -0.2) is 39.8 Å². The molecule has 2 atom stereocenters. The summed E-state index contributed by atoms with van der Waals surface area (Å²) in [5, 5.41) is 0. The van der Waals surface area contributed by atoms with Crippen LogP contribution in [0, 0.1) is 12.3 Å². The highest BCUT2D eigenvalue weighted by molar-refractivity contribution is 7.87. The largest absolute Gasteiger partial charge is 0.578 e. The smallest absolute Gasteiger partial charge is 0.141 e. The van der Waals surface area contributed by atoms with Crippen LogP contribution >= 0.6 is 0 Å². The molecule has 0 aliphatic carbocycles. The molecular weight excluding hydrogens is 148 g/mol. The maximum Gasteiger partial charge on any atom is 0.141 e. The van der Waals surface area contributed by atoms with Gasteiger partial charge in [0.2, 0.25) is 0 Å². The molecule has 0 spiro atoms. The zero-order valence-corrected chi connectivity index (χ0v) is 6.89. The third kappa shape index (κ3) is 1.13. The average molecular weight is 158 g/mol. The fourth-order valence-corrected chi connectivity index (χ4v) is 1.96. The Balaban J connectivity index is 2.64. The quantitative estimate of drug-likeness (QED) is 0.350. The van der Waals surface area contributed by atoms with E-state index in [9.17, 15) is 4.55 Å². The van der Waals surface area contributed by atoms with Crippen LogP contribution in [0.1, 0.15) is 0 Å². The highest BCUT2D eigenvalue weighted by Crippen LogP contribution is 2.16. The van der Waals surface area contributed by atoms with Gasteiger partial charge in [0.05, 0.1) is 6.54 Å². The predicted molar refractivity (Wildman–Crippen MR) is 41.2 cm³/mol. The highest BCUT2D eigenvalue weighted by atomic mass is 32.2. The molecule has 0 N–H and O–H groups in total. The minimum absolute atomic E-state index is 0.00540. The van der Waals surface area contributed by atoms with E-state index in [1.807, 2.05) is 0 Å². The van der Waals surface area contributed by atoms with E-state index in [4.69, 9.17) is 6.42 Å². The number of nitrogens with zero attached hydrogens (tertiary/aromatic N) is 2. The third-order valence-electron chi connectivity index (χ3n) is 1.57. The molecular formula is C6H10N2OS. The van der Waals surface area contributed by atoms with E-state index in [0.717, 1.165) is 0 Å². The summed E-state index contributed by atoms with van der Waals surface area (Å²) in [4.78, 5) is 0. The molecule has 0 bridgehead atoms.